The van der Waals surface area contributed by atoms with E-state index < -0.39 is 0 Å². The Morgan fingerprint density at radius 1 is 1.20 bits per heavy atom. The first kappa shape index (κ1) is 22.7. The molecule has 4 nitrogen and oxygen atoms in total. The standard InChI is InChI=1S/C22H19Cl2NO3S2/c1-3-9-25-21(26)19(30-22(25)29)12-15-10-17(24)20(18(11-15)27-4-2)28-13-14-5-7-16(23)8-6-14/h3,5-8,10-12H,1,4,9,13H2,2H3/b19-12-. The van der Waals surface area contributed by atoms with Crippen molar-refractivity contribution in [2.24, 2.45) is 0 Å². The number of amides is 1. The highest BCUT2D eigenvalue weighted by Gasteiger charge is 2.31. The maximum atomic E-state index is 12.6. The van der Waals surface area contributed by atoms with Crippen LogP contribution >= 0.6 is 47.2 Å². The predicted molar refractivity (Wildman–Crippen MR) is 128 cm³/mol. The van der Waals surface area contributed by atoms with Crippen LogP contribution in [0.5, 0.6) is 11.5 Å². The summed E-state index contributed by atoms with van der Waals surface area (Å²) in [5, 5.41) is 1.05. The van der Waals surface area contributed by atoms with Crippen LogP contribution in [0.2, 0.25) is 10.0 Å². The van der Waals surface area contributed by atoms with Crippen LogP contribution in [-0.2, 0) is 11.4 Å². The van der Waals surface area contributed by atoms with Gasteiger partial charge in [-0.3, -0.25) is 9.69 Å². The first-order valence-corrected chi connectivity index (χ1v) is 11.1. The smallest absolute Gasteiger partial charge is 0.266 e. The van der Waals surface area contributed by atoms with Gasteiger partial charge in [-0.15, -0.1) is 6.58 Å². The minimum Gasteiger partial charge on any atom is -0.490 e. The van der Waals surface area contributed by atoms with Crippen molar-refractivity contribution in [3.63, 3.8) is 0 Å². The van der Waals surface area contributed by atoms with Crippen molar-refractivity contribution < 1.29 is 14.3 Å². The zero-order valence-corrected chi connectivity index (χ0v) is 19.3. The molecule has 156 valence electrons. The number of benzene rings is 2. The summed E-state index contributed by atoms with van der Waals surface area (Å²) in [6.07, 6.45) is 3.39. The number of nitrogens with zero attached hydrogens (tertiary/aromatic N) is 1. The number of hydrogen-bond acceptors (Lipinski definition) is 5. The molecule has 0 spiro atoms. The van der Waals surface area contributed by atoms with Crippen LogP contribution in [0.4, 0.5) is 0 Å². The zero-order valence-electron chi connectivity index (χ0n) is 16.2. The number of hydrogen-bond donors (Lipinski definition) is 0. The van der Waals surface area contributed by atoms with E-state index in [-0.39, 0.29) is 5.91 Å². The summed E-state index contributed by atoms with van der Waals surface area (Å²) >= 11 is 18.9. The third-order valence-corrected chi connectivity index (χ3v) is 6.02. The molecule has 0 saturated carbocycles. The van der Waals surface area contributed by atoms with Gasteiger partial charge in [-0.05, 0) is 48.4 Å². The largest absolute Gasteiger partial charge is 0.490 e. The molecular formula is C22H19Cl2NO3S2. The van der Waals surface area contributed by atoms with Crippen molar-refractivity contribution in [3.8, 4) is 11.5 Å². The Kier molecular flexibility index (Phi) is 7.83. The van der Waals surface area contributed by atoms with Crippen LogP contribution in [0, 0.1) is 0 Å². The van der Waals surface area contributed by atoms with Gasteiger partial charge in [0.15, 0.2) is 11.5 Å². The Hall–Kier alpha value is -1.99. The average molecular weight is 480 g/mol. The molecule has 0 aliphatic carbocycles. The van der Waals surface area contributed by atoms with E-state index in [1.807, 2.05) is 19.1 Å². The van der Waals surface area contributed by atoms with Gasteiger partial charge in [0.05, 0.1) is 16.5 Å². The van der Waals surface area contributed by atoms with Gasteiger partial charge >= 0.3 is 0 Å². The number of thioether (sulfide) groups is 1. The van der Waals surface area contributed by atoms with E-state index in [1.54, 1.807) is 36.4 Å². The summed E-state index contributed by atoms with van der Waals surface area (Å²) < 4.78 is 12.2. The summed E-state index contributed by atoms with van der Waals surface area (Å²) in [7, 11) is 0. The number of rotatable bonds is 8. The Labute approximate surface area is 195 Å². The number of thiocarbonyl (C=S) groups is 1. The molecule has 0 bridgehead atoms. The quantitative estimate of drug-likeness (QED) is 0.250. The Morgan fingerprint density at radius 2 is 1.93 bits per heavy atom. The second-order valence-electron chi connectivity index (χ2n) is 6.26. The van der Waals surface area contributed by atoms with Crippen LogP contribution in [0.1, 0.15) is 18.1 Å². The van der Waals surface area contributed by atoms with Crippen molar-refractivity contribution >= 4 is 63.5 Å². The van der Waals surface area contributed by atoms with Crippen molar-refractivity contribution in [1.82, 2.24) is 4.90 Å². The average Bonchev–Trinajstić information content (AvgIpc) is 2.97. The van der Waals surface area contributed by atoms with Gasteiger partial charge in [-0.25, -0.2) is 0 Å². The molecule has 1 fully saturated rings. The van der Waals surface area contributed by atoms with Gasteiger partial charge in [0.25, 0.3) is 5.91 Å². The minimum absolute atomic E-state index is 0.151. The van der Waals surface area contributed by atoms with Gasteiger partial charge < -0.3 is 9.47 Å². The van der Waals surface area contributed by atoms with Crippen LogP contribution in [-0.4, -0.2) is 28.3 Å². The molecule has 0 aromatic heterocycles. The van der Waals surface area contributed by atoms with E-state index in [0.29, 0.717) is 50.5 Å². The molecule has 1 aliphatic heterocycles. The molecule has 1 aliphatic rings. The van der Waals surface area contributed by atoms with Crippen LogP contribution in [0.15, 0.2) is 54.0 Å². The zero-order chi connectivity index (χ0) is 21.7. The van der Waals surface area contributed by atoms with Gasteiger partial charge in [0.2, 0.25) is 0 Å². The lowest BCUT2D eigenvalue weighted by atomic mass is 10.1. The summed E-state index contributed by atoms with van der Waals surface area (Å²) in [6.45, 7) is 6.68. The van der Waals surface area contributed by atoms with E-state index in [0.717, 1.165) is 11.1 Å². The van der Waals surface area contributed by atoms with Crippen LogP contribution < -0.4 is 9.47 Å². The molecule has 0 unspecified atom stereocenters. The Morgan fingerprint density at radius 3 is 2.60 bits per heavy atom. The summed E-state index contributed by atoms with van der Waals surface area (Å²) in [5.74, 6) is 0.804. The van der Waals surface area contributed by atoms with Crippen LogP contribution in [0.25, 0.3) is 6.08 Å². The van der Waals surface area contributed by atoms with E-state index in [4.69, 9.17) is 44.9 Å². The highest BCUT2D eigenvalue weighted by Crippen LogP contribution is 2.39. The van der Waals surface area contributed by atoms with Gasteiger partial charge in [0, 0.05) is 11.6 Å². The minimum atomic E-state index is -0.151. The molecule has 2 aromatic carbocycles. The third-order valence-electron chi connectivity index (χ3n) is 4.11. The molecule has 1 saturated heterocycles. The lowest BCUT2D eigenvalue weighted by Crippen LogP contribution is -2.27. The van der Waals surface area contributed by atoms with E-state index in [2.05, 4.69) is 6.58 Å². The fraction of sp³-hybridized carbons (Fsp3) is 0.182. The second-order valence-corrected chi connectivity index (χ2v) is 8.78. The second kappa shape index (κ2) is 10.4. The van der Waals surface area contributed by atoms with Crippen molar-refractivity contribution in [2.75, 3.05) is 13.2 Å². The number of carbonyl (C=O) groups excluding carboxylic acids is 1. The first-order chi connectivity index (χ1) is 14.4. The van der Waals surface area contributed by atoms with Crippen molar-refractivity contribution in [1.29, 1.82) is 0 Å². The summed E-state index contributed by atoms with van der Waals surface area (Å²) in [5.41, 5.74) is 1.68. The molecular weight excluding hydrogens is 461 g/mol. The topological polar surface area (TPSA) is 38.8 Å². The van der Waals surface area contributed by atoms with E-state index in [1.165, 1.54) is 16.7 Å². The summed E-state index contributed by atoms with van der Waals surface area (Å²) in [4.78, 5) is 14.6. The third kappa shape index (κ3) is 5.38. The van der Waals surface area contributed by atoms with E-state index >= 15 is 0 Å². The predicted octanol–water partition coefficient (Wildman–Crippen LogP) is 6.36. The van der Waals surface area contributed by atoms with Crippen LogP contribution in [0.3, 0.4) is 0 Å². The normalized spacial score (nSPS) is 15.0. The molecule has 1 amide bonds. The molecule has 2 aromatic rings. The van der Waals surface area contributed by atoms with Gasteiger partial charge in [-0.2, -0.15) is 0 Å². The van der Waals surface area contributed by atoms with Gasteiger partial charge in [-0.1, -0.05) is 65.4 Å². The molecule has 0 atom stereocenters. The van der Waals surface area contributed by atoms with Crippen molar-refractivity contribution in [3.05, 3.63) is 75.1 Å². The lowest BCUT2D eigenvalue weighted by Gasteiger charge is -2.15. The number of carbonyl (C=O) groups is 1. The SMILES string of the molecule is C=CCN1C(=O)/C(=C/c2cc(Cl)c(OCc3ccc(Cl)cc3)c(OCC)c2)SC1=S. The molecule has 1 heterocycles. The number of ether oxygens (including phenoxy) is 2. The lowest BCUT2D eigenvalue weighted by molar-refractivity contribution is -0.121. The molecule has 0 radical (unpaired) electrons. The fourth-order valence-corrected chi connectivity index (χ4v) is 4.42. The maximum Gasteiger partial charge on any atom is 0.266 e. The van der Waals surface area contributed by atoms with Gasteiger partial charge in [0.1, 0.15) is 10.9 Å². The molecule has 8 heteroatoms. The number of halogens is 2. The Bertz CT molecular complexity index is 1010. The fourth-order valence-electron chi connectivity index (χ4n) is 2.75. The van der Waals surface area contributed by atoms with E-state index in [9.17, 15) is 4.79 Å². The monoisotopic (exact) mass is 479 g/mol. The molecule has 3 rings (SSSR count). The first-order valence-electron chi connectivity index (χ1n) is 9.12. The highest BCUT2D eigenvalue weighted by atomic mass is 35.5. The summed E-state index contributed by atoms with van der Waals surface area (Å²) in [6, 6.07) is 10.9. The Balaban J connectivity index is 1.85. The maximum absolute atomic E-state index is 12.6. The molecule has 30 heavy (non-hydrogen) atoms. The highest BCUT2D eigenvalue weighted by molar-refractivity contribution is 8.26. The van der Waals surface area contributed by atoms with Crippen molar-refractivity contribution in [2.45, 2.75) is 13.5 Å². The molecule has 0 N–H and O–H groups in total.